The molecule has 0 spiro atoms. The van der Waals surface area contributed by atoms with Gasteiger partial charge in [-0.1, -0.05) is 36.4 Å². The number of aromatic nitrogens is 2. The number of hydrogen-bond acceptors (Lipinski definition) is 6. The number of alkyl halides is 1. The Morgan fingerprint density at radius 1 is 1.15 bits per heavy atom. The Morgan fingerprint density at radius 3 is 2.67 bits per heavy atom. The molecule has 1 aliphatic rings. The monoisotopic (exact) mass is 551 g/mol. The van der Waals surface area contributed by atoms with Gasteiger partial charge in [0.1, 0.15) is 30.2 Å². The summed E-state index contributed by atoms with van der Waals surface area (Å²) in [7, 11) is 1.51. The predicted octanol–water partition coefficient (Wildman–Crippen LogP) is 5.93. The van der Waals surface area contributed by atoms with Crippen molar-refractivity contribution in [2.75, 3.05) is 13.7 Å². The predicted molar refractivity (Wildman–Crippen MR) is 144 cm³/mol. The lowest BCUT2D eigenvalue weighted by atomic mass is 9.83. The van der Waals surface area contributed by atoms with Gasteiger partial charge in [-0.05, 0) is 60.9 Å². The van der Waals surface area contributed by atoms with Crippen molar-refractivity contribution in [3.63, 3.8) is 0 Å². The summed E-state index contributed by atoms with van der Waals surface area (Å²) < 4.78 is 44.8. The Bertz CT molecular complexity index is 1500. The number of carbonyl (C=O) groups excluding carboxylic acids is 1. The van der Waals surface area contributed by atoms with Gasteiger partial charge in [-0.3, -0.25) is 4.79 Å². The van der Waals surface area contributed by atoms with Crippen LogP contribution in [0.2, 0.25) is 0 Å². The van der Waals surface area contributed by atoms with Gasteiger partial charge in [0.15, 0.2) is 5.58 Å². The third kappa shape index (κ3) is 6.39. The van der Waals surface area contributed by atoms with Crippen LogP contribution in [0.3, 0.4) is 0 Å². The van der Waals surface area contributed by atoms with Gasteiger partial charge in [-0.15, -0.1) is 0 Å². The van der Waals surface area contributed by atoms with Crippen LogP contribution in [0, 0.1) is 11.7 Å². The topological polar surface area (TPSA) is 106 Å². The highest BCUT2D eigenvalue weighted by Crippen LogP contribution is 2.37. The first kappa shape index (κ1) is 27.5. The van der Waals surface area contributed by atoms with E-state index in [1.165, 1.54) is 13.2 Å². The molecule has 210 valence electrons. The van der Waals surface area contributed by atoms with Crippen LogP contribution in [-0.4, -0.2) is 35.9 Å². The number of ether oxygens (including phenoxy) is 2. The van der Waals surface area contributed by atoms with Crippen molar-refractivity contribution in [1.29, 1.82) is 0 Å². The number of carbonyl (C=O) groups is 1. The molecule has 2 aromatic carbocycles. The van der Waals surface area contributed by atoms with E-state index in [9.17, 15) is 18.4 Å². The fraction of sp³-hybridized carbons (Fsp3) is 0.367. The molecule has 4 aromatic rings. The largest absolute Gasteiger partial charge is 0.445 e. The third-order valence-corrected chi connectivity index (χ3v) is 7.36. The summed E-state index contributed by atoms with van der Waals surface area (Å²) in [6.45, 7) is 0.250. The van der Waals surface area contributed by atoms with Gasteiger partial charge in [0.05, 0.1) is 6.61 Å². The maximum absolute atomic E-state index is 14.0. The van der Waals surface area contributed by atoms with Gasteiger partial charge in [0.2, 0.25) is 5.89 Å². The molecule has 0 radical (unpaired) electrons. The number of fused-ring (bicyclic) bond motifs is 1. The molecule has 5 rings (SSSR count). The molecule has 1 amide bonds. The fourth-order valence-corrected chi connectivity index (χ4v) is 5.26. The minimum Gasteiger partial charge on any atom is -0.445 e. The number of oxazole rings is 1. The number of amides is 1. The van der Waals surface area contributed by atoms with Gasteiger partial charge in [-0.2, -0.15) is 0 Å². The Labute approximate surface area is 229 Å². The zero-order chi connectivity index (χ0) is 28.1. The molecule has 8 nitrogen and oxygen atoms in total. The van der Waals surface area contributed by atoms with Crippen LogP contribution in [-0.2, 0) is 16.1 Å². The summed E-state index contributed by atoms with van der Waals surface area (Å²) in [6, 6.07) is 15.2. The van der Waals surface area contributed by atoms with Crippen LogP contribution in [0.1, 0.15) is 60.2 Å². The van der Waals surface area contributed by atoms with Crippen LogP contribution in [0.15, 0.2) is 70.0 Å². The number of nitrogens with one attached hydrogen (secondary N) is 2. The van der Waals surface area contributed by atoms with Crippen molar-refractivity contribution in [3.05, 3.63) is 99.5 Å². The van der Waals surface area contributed by atoms with E-state index in [1.54, 1.807) is 18.2 Å². The normalized spacial score (nSPS) is 18.8. The van der Waals surface area contributed by atoms with Crippen molar-refractivity contribution in [1.82, 2.24) is 15.3 Å². The van der Waals surface area contributed by atoms with E-state index >= 15 is 0 Å². The van der Waals surface area contributed by atoms with Crippen LogP contribution in [0.5, 0.6) is 0 Å². The Morgan fingerprint density at radius 2 is 1.93 bits per heavy atom. The molecular formula is C30H31F2N3O5. The van der Waals surface area contributed by atoms with E-state index in [1.807, 2.05) is 30.3 Å². The second kappa shape index (κ2) is 12.4. The van der Waals surface area contributed by atoms with Gasteiger partial charge in [-0.25, -0.2) is 18.6 Å². The number of H-pyrrole nitrogens is 1. The summed E-state index contributed by atoms with van der Waals surface area (Å²) in [5, 5.41) is 2.90. The van der Waals surface area contributed by atoms with Crippen molar-refractivity contribution in [3.8, 4) is 0 Å². The Balaban J connectivity index is 1.42. The Kier molecular flexibility index (Phi) is 8.54. The molecule has 10 heteroatoms. The molecule has 40 heavy (non-hydrogen) atoms. The average molecular weight is 552 g/mol. The third-order valence-electron chi connectivity index (χ3n) is 7.36. The number of rotatable bonds is 9. The first-order chi connectivity index (χ1) is 19.4. The average Bonchev–Trinajstić information content (AvgIpc) is 3.39. The van der Waals surface area contributed by atoms with Gasteiger partial charge in [0.25, 0.3) is 5.56 Å². The highest BCUT2D eigenvalue weighted by atomic mass is 19.1. The summed E-state index contributed by atoms with van der Waals surface area (Å²) in [5.74, 6) is -0.902. The Hall–Kier alpha value is -4.05. The van der Waals surface area contributed by atoms with E-state index in [0.717, 1.165) is 11.8 Å². The number of hydrogen-bond donors (Lipinski definition) is 2. The van der Waals surface area contributed by atoms with Crippen LogP contribution in [0.4, 0.5) is 13.6 Å². The van der Waals surface area contributed by atoms with Crippen LogP contribution in [0.25, 0.3) is 11.1 Å². The minimum absolute atomic E-state index is 0.0871. The second-order valence-corrected chi connectivity index (χ2v) is 10.1. The zero-order valence-corrected chi connectivity index (χ0v) is 22.1. The molecule has 2 atom stereocenters. The SMILES string of the molecule is COC[C@@H](c1ccc2oc([C@@H](NC(=O)OCc3ccccc3)C3CCC(F)CC3)nc2c1)c1cc(F)c[nH]c1=O. The number of halogens is 2. The first-order valence-corrected chi connectivity index (χ1v) is 13.3. The number of alkyl carbamates (subject to hydrolysis) is 1. The van der Waals surface area contributed by atoms with E-state index < -0.39 is 35.6 Å². The minimum atomic E-state index is -0.864. The quantitative estimate of drug-likeness (QED) is 0.267. The molecule has 1 aliphatic carbocycles. The molecule has 0 aliphatic heterocycles. The zero-order valence-electron chi connectivity index (χ0n) is 22.1. The molecule has 2 heterocycles. The molecule has 2 aromatic heterocycles. The number of nitrogens with zero attached hydrogens (tertiary/aromatic N) is 1. The number of aromatic amines is 1. The highest BCUT2D eigenvalue weighted by molar-refractivity contribution is 5.74. The maximum Gasteiger partial charge on any atom is 0.408 e. The van der Waals surface area contributed by atoms with Crippen LogP contribution < -0.4 is 10.9 Å². The van der Waals surface area contributed by atoms with Gasteiger partial charge >= 0.3 is 6.09 Å². The van der Waals surface area contributed by atoms with Crippen LogP contribution >= 0.6 is 0 Å². The smallest absolute Gasteiger partial charge is 0.408 e. The second-order valence-electron chi connectivity index (χ2n) is 10.1. The number of benzene rings is 2. The van der Waals surface area contributed by atoms with Crippen molar-refractivity contribution < 1.29 is 27.5 Å². The lowest BCUT2D eigenvalue weighted by Gasteiger charge is -2.30. The van der Waals surface area contributed by atoms with Crippen molar-refractivity contribution >= 4 is 17.2 Å². The highest BCUT2D eigenvalue weighted by Gasteiger charge is 2.33. The molecule has 0 bridgehead atoms. The molecule has 1 saturated carbocycles. The maximum atomic E-state index is 14.0. The number of methoxy groups -OCH3 is 1. The summed E-state index contributed by atoms with van der Waals surface area (Å²) in [5.41, 5.74) is 2.34. The van der Waals surface area contributed by atoms with Gasteiger partial charge < -0.3 is 24.2 Å². The lowest BCUT2D eigenvalue weighted by molar-refractivity contribution is 0.119. The van der Waals surface area contributed by atoms with Crippen molar-refractivity contribution in [2.45, 2.75) is 50.4 Å². The molecule has 1 fully saturated rings. The van der Waals surface area contributed by atoms with Gasteiger partial charge in [0, 0.05) is 24.8 Å². The van der Waals surface area contributed by atoms with E-state index in [4.69, 9.17) is 13.9 Å². The summed E-state index contributed by atoms with van der Waals surface area (Å²) in [6.07, 6.45) is 1.44. The van der Waals surface area contributed by atoms with E-state index in [0.29, 0.717) is 42.3 Å². The van der Waals surface area contributed by atoms with Crippen molar-refractivity contribution in [2.24, 2.45) is 5.92 Å². The molecule has 2 N–H and O–H groups in total. The fourth-order valence-electron chi connectivity index (χ4n) is 5.26. The lowest BCUT2D eigenvalue weighted by Crippen LogP contribution is -2.36. The molecule has 0 unspecified atom stereocenters. The first-order valence-electron chi connectivity index (χ1n) is 13.3. The standard InChI is InChI=1S/C30H31F2N3O5/c1-38-17-24(23-14-22(32)15-33-28(23)36)20-9-12-26-25(13-20)34-29(40-26)27(19-7-10-21(31)11-8-19)35-30(37)39-16-18-5-3-2-4-6-18/h2-6,9,12-15,19,21,24,27H,7-8,10-11,16-17H2,1H3,(H,33,36)(H,35,37)/t19?,21?,24-,27-/m0/s1. The van der Waals surface area contributed by atoms with E-state index in [-0.39, 0.29) is 30.6 Å². The summed E-state index contributed by atoms with van der Waals surface area (Å²) in [4.78, 5) is 32.4. The molecular weight excluding hydrogens is 520 g/mol. The number of pyridine rings is 1. The summed E-state index contributed by atoms with van der Waals surface area (Å²) >= 11 is 0. The van der Waals surface area contributed by atoms with E-state index in [2.05, 4.69) is 15.3 Å². The molecule has 0 saturated heterocycles.